The highest BCUT2D eigenvalue weighted by atomic mass is 16.5. The molecule has 0 N–H and O–H groups in total. The highest BCUT2D eigenvalue weighted by Crippen LogP contribution is 2.50. The third-order valence-electron chi connectivity index (χ3n) is 5.03. The zero-order valence-electron chi connectivity index (χ0n) is 13.8. The second-order valence-corrected chi connectivity index (χ2v) is 6.49. The molecule has 0 saturated heterocycles. The molecule has 0 amide bonds. The van der Waals surface area contributed by atoms with Crippen LogP contribution in [0.5, 0.6) is 0 Å². The SMILES string of the molecule is CC(=O)OC1c2ccc3ccccc3c2-c2ccc3ccccc3c21. The van der Waals surface area contributed by atoms with Crippen molar-refractivity contribution in [3.05, 3.63) is 83.9 Å². The van der Waals surface area contributed by atoms with E-state index in [4.69, 9.17) is 4.74 Å². The number of esters is 1. The number of carbonyl (C=O) groups excluding carboxylic acids is 1. The van der Waals surface area contributed by atoms with Crippen LogP contribution in [0.4, 0.5) is 0 Å². The van der Waals surface area contributed by atoms with Gasteiger partial charge in [0.2, 0.25) is 0 Å². The van der Waals surface area contributed by atoms with Crippen molar-refractivity contribution in [2.45, 2.75) is 13.0 Å². The number of ether oxygens (including phenoxy) is 1. The van der Waals surface area contributed by atoms with Crippen molar-refractivity contribution in [3.63, 3.8) is 0 Å². The van der Waals surface area contributed by atoms with Gasteiger partial charge in [-0.3, -0.25) is 4.79 Å². The highest BCUT2D eigenvalue weighted by Gasteiger charge is 2.33. The Morgan fingerprint density at radius 1 is 0.800 bits per heavy atom. The molecule has 1 unspecified atom stereocenters. The molecule has 25 heavy (non-hydrogen) atoms. The Labute approximate surface area is 145 Å². The number of fused-ring (bicyclic) bond motifs is 7. The molecule has 0 aliphatic heterocycles. The van der Waals surface area contributed by atoms with E-state index in [0.29, 0.717) is 0 Å². The quantitative estimate of drug-likeness (QED) is 0.424. The summed E-state index contributed by atoms with van der Waals surface area (Å²) in [4.78, 5) is 11.8. The van der Waals surface area contributed by atoms with E-state index in [1.54, 1.807) is 0 Å². The van der Waals surface area contributed by atoms with Gasteiger partial charge in [0.25, 0.3) is 0 Å². The van der Waals surface area contributed by atoms with Crippen molar-refractivity contribution >= 4 is 27.5 Å². The molecule has 5 rings (SSSR count). The summed E-state index contributed by atoms with van der Waals surface area (Å²) in [5.74, 6) is -0.259. The van der Waals surface area contributed by atoms with Crippen LogP contribution in [0.25, 0.3) is 32.7 Å². The molecule has 1 atom stereocenters. The summed E-state index contributed by atoms with van der Waals surface area (Å²) >= 11 is 0. The molecule has 0 fully saturated rings. The molecule has 0 saturated carbocycles. The average molecular weight is 324 g/mol. The molecular formula is C23H16O2. The van der Waals surface area contributed by atoms with Crippen molar-refractivity contribution < 1.29 is 9.53 Å². The fourth-order valence-corrected chi connectivity index (χ4v) is 4.05. The first-order valence-electron chi connectivity index (χ1n) is 8.45. The monoisotopic (exact) mass is 324 g/mol. The molecule has 4 aromatic carbocycles. The fourth-order valence-electron chi connectivity index (χ4n) is 4.05. The van der Waals surface area contributed by atoms with E-state index in [-0.39, 0.29) is 12.1 Å². The first-order chi connectivity index (χ1) is 12.2. The van der Waals surface area contributed by atoms with E-state index < -0.39 is 0 Å². The van der Waals surface area contributed by atoms with Gasteiger partial charge in [0.1, 0.15) is 0 Å². The van der Waals surface area contributed by atoms with E-state index in [0.717, 1.165) is 27.5 Å². The van der Waals surface area contributed by atoms with E-state index in [1.165, 1.54) is 23.3 Å². The smallest absolute Gasteiger partial charge is 0.303 e. The maximum absolute atomic E-state index is 11.8. The number of hydrogen-bond donors (Lipinski definition) is 0. The third kappa shape index (κ3) is 2.01. The second kappa shape index (κ2) is 5.18. The topological polar surface area (TPSA) is 26.3 Å². The van der Waals surface area contributed by atoms with Gasteiger partial charge in [0.05, 0.1) is 0 Å². The van der Waals surface area contributed by atoms with Crippen LogP contribution in [-0.4, -0.2) is 5.97 Å². The van der Waals surface area contributed by atoms with Crippen molar-refractivity contribution in [1.29, 1.82) is 0 Å². The summed E-state index contributed by atoms with van der Waals surface area (Å²) in [6.45, 7) is 1.48. The second-order valence-electron chi connectivity index (χ2n) is 6.49. The predicted molar refractivity (Wildman–Crippen MR) is 100 cm³/mol. The number of carbonyl (C=O) groups is 1. The molecule has 2 heteroatoms. The lowest BCUT2D eigenvalue weighted by Gasteiger charge is -2.15. The van der Waals surface area contributed by atoms with Gasteiger partial charge in [-0.1, -0.05) is 72.8 Å². The highest BCUT2D eigenvalue weighted by molar-refractivity contribution is 6.06. The standard InChI is InChI=1S/C23H16O2/c1-14(24)25-23-20-13-11-15-6-2-4-8-17(15)21(20)19-12-10-16-7-3-5-9-18(16)22(19)23/h2-13,23H,1H3. The molecule has 1 aliphatic rings. The molecule has 0 heterocycles. The van der Waals surface area contributed by atoms with Crippen LogP contribution in [-0.2, 0) is 9.53 Å². The van der Waals surface area contributed by atoms with E-state index in [2.05, 4.69) is 60.7 Å². The lowest BCUT2D eigenvalue weighted by molar-refractivity contribution is -0.144. The fraction of sp³-hybridized carbons (Fsp3) is 0.0870. The minimum atomic E-state index is -0.349. The molecule has 120 valence electrons. The van der Waals surface area contributed by atoms with Crippen LogP contribution >= 0.6 is 0 Å². The van der Waals surface area contributed by atoms with Crippen molar-refractivity contribution in [3.8, 4) is 11.1 Å². The number of hydrogen-bond acceptors (Lipinski definition) is 2. The first-order valence-corrected chi connectivity index (χ1v) is 8.45. The van der Waals surface area contributed by atoms with Gasteiger partial charge in [0.15, 0.2) is 6.10 Å². The Kier molecular flexibility index (Phi) is 2.95. The first kappa shape index (κ1) is 14.2. The minimum absolute atomic E-state index is 0.259. The van der Waals surface area contributed by atoms with Gasteiger partial charge < -0.3 is 4.74 Å². The van der Waals surface area contributed by atoms with Crippen LogP contribution in [0.1, 0.15) is 24.2 Å². The van der Waals surface area contributed by atoms with Crippen molar-refractivity contribution in [2.24, 2.45) is 0 Å². The summed E-state index contributed by atoms with van der Waals surface area (Å²) in [5, 5.41) is 4.71. The van der Waals surface area contributed by atoms with E-state index in [9.17, 15) is 4.79 Å². The third-order valence-corrected chi connectivity index (χ3v) is 5.03. The Hall–Kier alpha value is -3.13. The molecule has 4 aromatic rings. The molecule has 2 nitrogen and oxygen atoms in total. The normalized spacial score (nSPS) is 15.2. The Morgan fingerprint density at radius 2 is 1.44 bits per heavy atom. The van der Waals surface area contributed by atoms with Gasteiger partial charge in [-0.05, 0) is 32.7 Å². The van der Waals surface area contributed by atoms with E-state index >= 15 is 0 Å². The zero-order valence-corrected chi connectivity index (χ0v) is 13.8. The minimum Gasteiger partial charge on any atom is -0.453 e. The summed E-state index contributed by atoms with van der Waals surface area (Å²) in [7, 11) is 0. The van der Waals surface area contributed by atoms with Gasteiger partial charge in [-0.25, -0.2) is 0 Å². The van der Waals surface area contributed by atoms with Crippen molar-refractivity contribution in [1.82, 2.24) is 0 Å². The van der Waals surface area contributed by atoms with Crippen LogP contribution in [0.2, 0.25) is 0 Å². The number of rotatable bonds is 1. The van der Waals surface area contributed by atoms with Crippen molar-refractivity contribution in [2.75, 3.05) is 0 Å². The van der Waals surface area contributed by atoms with E-state index in [1.807, 2.05) is 12.1 Å². The maximum Gasteiger partial charge on any atom is 0.303 e. The molecule has 0 bridgehead atoms. The van der Waals surface area contributed by atoms with Crippen LogP contribution in [0.3, 0.4) is 0 Å². The summed E-state index contributed by atoms with van der Waals surface area (Å²) in [5.41, 5.74) is 4.52. The lowest BCUT2D eigenvalue weighted by atomic mass is 9.96. The molecule has 0 aromatic heterocycles. The Morgan fingerprint density at radius 3 is 2.20 bits per heavy atom. The molecule has 0 radical (unpaired) electrons. The van der Waals surface area contributed by atoms with Gasteiger partial charge in [-0.15, -0.1) is 0 Å². The van der Waals surface area contributed by atoms with Crippen LogP contribution in [0.15, 0.2) is 72.8 Å². The number of benzene rings is 4. The van der Waals surface area contributed by atoms with Crippen LogP contribution in [0, 0.1) is 0 Å². The Balaban J connectivity index is 1.92. The lowest BCUT2D eigenvalue weighted by Crippen LogP contribution is -2.07. The van der Waals surface area contributed by atoms with Gasteiger partial charge in [0, 0.05) is 18.1 Å². The summed E-state index contributed by atoms with van der Waals surface area (Å²) in [6.07, 6.45) is -0.349. The molecular weight excluding hydrogens is 308 g/mol. The summed E-state index contributed by atoms with van der Waals surface area (Å²) < 4.78 is 5.78. The molecule has 1 aliphatic carbocycles. The average Bonchev–Trinajstić information content (AvgIpc) is 2.96. The largest absolute Gasteiger partial charge is 0.453 e. The predicted octanol–water partition coefficient (Wildman–Crippen LogP) is 5.63. The van der Waals surface area contributed by atoms with Gasteiger partial charge >= 0.3 is 5.97 Å². The maximum atomic E-state index is 11.8. The van der Waals surface area contributed by atoms with Gasteiger partial charge in [-0.2, -0.15) is 0 Å². The Bertz CT molecular complexity index is 1160. The zero-order chi connectivity index (χ0) is 17.0. The summed E-state index contributed by atoms with van der Waals surface area (Å²) in [6, 6.07) is 25.2. The molecule has 0 spiro atoms. The van der Waals surface area contributed by atoms with Crippen LogP contribution < -0.4 is 0 Å².